The Morgan fingerprint density at radius 2 is 1.24 bits per heavy atom. The molecule has 0 saturated carbocycles. The zero-order chi connectivity index (χ0) is 34.3. The van der Waals surface area contributed by atoms with Crippen molar-refractivity contribution in [2.75, 3.05) is 33.7 Å². The molecule has 0 fully saturated rings. The number of nitrogens with one attached hydrogen (secondary N) is 5. The number of aromatic nitrogens is 7. The molecule has 1 aromatic carbocycles. The van der Waals surface area contributed by atoms with Crippen LogP contribution in [0.3, 0.4) is 0 Å². The van der Waals surface area contributed by atoms with Crippen molar-refractivity contribution in [2.45, 2.75) is 13.8 Å². The van der Waals surface area contributed by atoms with Gasteiger partial charge in [-0.15, -0.1) is 32.9 Å². The molecule has 0 radical (unpaired) electrons. The lowest BCUT2D eigenvalue weighted by atomic mass is 10.2. The largest absolute Gasteiger partial charge is 0.401 e. The van der Waals surface area contributed by atoms with Crippen LogP contribution in [0.15, 0.2) is 67.2 Å². The average molecular weight is 702 g/mol. The van der Waals surface area contributed by atoms with Crippen LogP contribution < -0.4 is 26.6 Å². The molecular weight excluding hydrogens is 679 g/mol. The van der Waals surface area contributed by atoms with Gasteiger partial charge >= 0.3 is 12.0 Å². The molecule has 0 unspecified atom stereocenters. The summed E-state index contributed by atoms with van der Waals surface area (Å²) in [6.45, 7) is 2.77. The van der Waals surface area contributed by atoms with Crippen LogP contribution >= 0.6 is 22.7 Å². The third kappa shape index (κ3) is 8.22. The van der Waals surface area contributed by atoms with Gasteiger partial charge in [-0.05, 0) is 24.3 Å². The molecule has 0 aliphatic carbocycles. The van der Waals surface area contributed by atoms with Crippen LogP contribution in [0.25, 0.3) is 0 Å². The van der Waals surface area contributed by atoms with E-state index in [2.05, 4.69) is 67.1 Å². The van der Waals surface area contributed by atoms with Gasteiger partial charge in [0.15, 0.2) is 5.71 Å². The summed E-state index contributed by atoms with van der Waals surface area (Å²) in [5.74, 6) is -1.30. The van der Waals surface area contributed by atoms with Crippen LogP contribution in [0.5, 0.6) is 0 Å². The Labute approximate surface area is 283 Å². The van der Waals surface area contributed by atoms with E-state index in [-0.39, 0.29) is 64.7 Å². The molecule has 6 rings (SSSR count). The maximum atomic E-state index is 12.9. The van der Waals surface area contributed by atoms with Gasteiger partial charge in [0, 0.05) is 41.4 Å². The number of ketones is 1. The number of thiophene rings is 2. The first-order valence-corrected chi connectivity index (χ1v) is 15.7. The van der Waals surface area contributed by atoms with Crippen molar-refractivity contribution < 1.29 is 28.1 Å². The Morgan fingerprint density at radius 1 is 0.714 bits per heavy atom. The normalized spacial score (nSPS) is 11.1. The van der Waals surface area contributed by atoms with E-state index < -0.39 is 5.78 Å². The number of carbonyl (C=O) groups excluding carboxylic acids is 3. The van der Waals surface area contributed by atoms with Crippen molar-refractivity contribution in [1.82, 2.24) is 35.3 Å². The highest BCUT2D eigenvalue weighted by molar-refractivity contribution is 7.15. The first-order valence-electron chi connectivity index (χ1n) is 13.9. The summed E-state index contributed by atoms with van der Waals surface area (Å²) < 4.78 is 11.3. The number of amides is 2. The molecule has 248 valence electrons. The quantitative estimate of drug-likeness (QED) is 0.0630. The van der Waals surface area contributed by atoms with Crippen molar-refractivity contribution in [3.63, 3.8) is 0 Å². The van der Waals surface area contributed by atoms with E-state index in [0.717, 1.165) is 0 Å². The first-order chi connectivity index (χ1) is 23.7. The molecule has 2 amide bonds. The molecule has 5 N–H and O–H groups in total. The number of hydrogen-bond donors (Lipinski definition) is 5. The number of nitrogens with zero attached hydrogens (tertiary/aromatic N) is 8. The zero-order valence-corrected chi connectivity index (χ0v) is 27.2. The van der Waals surface area contributed by atoms with Gasteiger partial charge in [0.1, 0.15) is 7.11 Å². The average Bonchev–Trinajstić information content (AvgIpc) is 3.89. The summed E-state index contributed by atoms with van der Waals surface area (Å²) >= 11 is 2.46. The Morgan fingerprint density at radius 3 is 1.84 bits per heavy atom. The van der Waals surface area contributed by atoms with Crippen LogP contribution in [0.1, 0.15) is 41.6 Å². The number of oxime groups is 1. The van der Waals surface area contributed by atoms with Gasteiger partial charge in [0.2, 0.25) is 29.7 Å². The van der Waals surface area contributed by atoms with Gasteiger partial charge in [-0.25, -0.2) is 0 Å². The number of carbonyl (C=O) groups is 3. The third-order valence-electron chi connectivity index (χ3n) is 5.87. The van der Waals surface area contributed by atoms with Gasteiger partial charge in [0.05, 0.1) is 10.0 Å². The fourth-order valence-electron chi connectivity index (χ4n) is 3.94. The number of para-hydroxylation sites is 1. The maximum absolute atomic E-state index is 12.9. The molecule has 6 aromatic rings. The van der Waals surface area contributed by atoms with Crippen molar-refractivity contribution in [1.29, 1.82) is 0 Å². The third-order valence-corrected chi connectivity index (χ3v) is 7.56. The number of anilines is 8. The number of rotatable bonds is 13. The SMILES string of the molecule is CON=C(c1csc(NC(C)=O)c1)c1nnc(Nc2nc(Nc3ccccc3)nc(Nc3nnc(C(=O)c4csc(NC(C)=O)c4)o3)n2)o1. The van der Waals surface area contributed by atoms with E-state index in [1.54, 1.807) is 16.8 Å². The van der Waals surface area contributed by atoms with E-state index >= 15 is 0 Å². The fraction of sp³-hybridized carbons (Fsp3) is 0.107. The monoisotopic (exact) mass is 701 g/mol. The van der Waals surface area contributed by atoms with Crippen LogP contribution in [0.2, 0.25) is 0 Å². The number of benzene rings is 1. The minimum atomic E-state index is -0.546. The van der Waals surface area contributed by atoms with Gasteiger partial charge in [-0.2, -0.15) is 15.0 Å². The van der Waals surface area contributed by atoms with E-state index in [4.69, 9.17) is 13.7 Å². The summed E-state index contributed by atoms with van der Waals surface area (Å²) in [4.78, 5) is 53.8. The smallest absolute Gasteiger partial charge is 0.322 e. The molecular formula is C28H23N13O6S2. The second kappa shape index (κ2) is 14.4. The van der Waals surface area contributed by atoms with E-state index in [1.807, 2.05) is 30.3 Å². The van der Waals surface area contributed by atoms with Crippen molar-refractivity contribution in [3.05, 3.63) is 76.1 Å². The summed E-state index contributed by atoms with van der Waals surface area (Å²) in [5.41, 5.74) is 1.72. The molecule has 0 aliphatic heterocycles. The lowest BCUT2D eigenvalue weighted by Crippen LogP contribution is -2.07. The Balaban J connectivity index is 1.23. The minimum Gasteiger partial charge on any atom is -0.401 e. The Kier molecular flexibility index (Phi) is 9.53. The molecule has 21 heteroatoms. The molecule has 0 saturated heterocycles. The van der Waals surface area contributed by atoms with Crippen LogP contribution in [-0.2, 0) is 14.4 Å². The molecule has 0 atom stereocenters. The topological polar surface area (TPSA) is 249 Å². The Bertz CT molecular complexity index is 2160. The fourth-order valence-corrected chi connectivity index (χ4v) is 5.60. The predicted molar refractivity (Wildman–Crippen MR) is 178 cm³/mol. The van der Waals surface area contributed by atoms with Crippen LogP contribution in [0.4, 0.5) is 45.6 Å². The van der Waals surface area contributed by atoms with Crippen molar-refractivity contribution in [3.8, 4) is 0 Å². The highest BCUT2D eigenvalue weighted by Crippen LogP contribution is 2.26. The van der Waals surface area contributed by atoms with Crippen molar-refractivity contribution in [2.24, 2.45) is 5.16 Å². The molecule has 0 spiro atoms. The van der Waals surface area contributed by atoms with E-state index in [9.17, 15) is 14.4 Å². The lowest BCUT2D eigenvalue weighted by molar-refractivity contribution is -0.115. The molecule has 0 aliphatic rings. The molecule has 19 nitrogen and oxygen atoms in total. The lowest BCUT2D eigenvalue weighted by Gasteiger charge is -2.08. The number of hydrogen-bond acceptors (Lipinski definition) is 19. The second-order valence-corrected chi connectivity index (χ2v) is 11.4. The van der Waals surface area contributed by atoms with Gasteiger partial charge in [-0.3, -0.25) is 25.0 Å². The summed E-state index contributed by atoms with van der Waals surface area (Å²) in [6.07, 6.45) is 0. The highest BCUT2D eigenvalue weighted by atomic mass is 32.1. The van der Waals surface area contributed by atoms with Gasteiger partial charge in [0.25, 0.3) is 17.6 Å². The standard InChI is InChI=1S/C28H23N13O6S2/c1-13(42)29-18-9-15(11-48-18)20(41-45-3)22-37-39-27(46-22)35-25-32-24(31-17-7-5-4-6-8-17)33-26(34-25)36-28-40-38-23(47-28)21(44)16-10-19(49-12-16)30-14(2)43/h4-12H,1-3H3,(H,29,42)(H,30,43)(H3,31,32,33,34,35,36,39,40). The Hall–Kier alpha value is -6.61. The molecule has 0 bridgehead atoms. The summed E-state index contributed by atoms with van der Waals surface area (Å²) in [6, 6.07) is 12.1. The van der Waals surface area contributed by atoms with Gasteiger partial charge in [-0.1, -0.05) is 33.6 Å². The highest BCUT2D eigenvalue weighted by Gasteiger charge is 2.22. The molecule has 49 heavy (non-hydrogen) atoms. The predicted octanol–water partition coefficient (Wildman–Crippen LogP) is 4.54. The van der Waals surface area contributed by atoms with Gasteiger partial charge < -0.3 is 29.6 Å². The van der Waals surface area contributed by atoms with Crippen LogP contribution in [-0.4, -0.2) is 65.8 Å². The van der Waals surface area contributed by atoms with Crippen LogP contribution in [0, 0.1) is 0 Å². The summed E-state index contributed by atoms with van der Waals surface area (Å²) in [5, 5.41) is 38.2. The second-order valence-electron chi connectivity index (χ2n) is 9.59. The maximum Gasteiger partial charge on any atom is 0.322 e. The summed E-state index contributed by atoms with van der Waals surface area (Å²) in [7, 11) is 1.37. The molecule has 5 aromatic heterocycles. The van der Waals surface area contributed by atoms with E-state index in [1.165, 1.54) is 49.7 Å². The van der Waals surface area contributed by atoms with E-state index in [0.29, 0.717) is 21.3 Å². The minimum absolute atomic E-state index is 0.00411. The first kappa shape index (κ1) is 32.3. The zero-order valence-electron chi connectivity index (χ0n) is 25.5. The molecule has 5 heterocycles. The van der Waals surface area contributed by atoms with Crippen molar-refractivity contribution >= 4 is 91.5 Å².